The molecule has 3 aromatic rings. The van der Waals surface area contributed by atoms with Crippen LogP contribution in [-0.4, -0.2) is 36.5 Å². The van der Waals surface area contributed by atoms with Crippen molar-refractivity contribution in [2.45, 2.75) is 64.8 Å². The maximum absolute atomic E-state index is 11.7. The Balaban J connectivity index is 2.23. The van der Waals surface area contributed by atoms with Crippen molar-refractivity contribution >= 4 is 36.1 Å². The number of carbonyl (C=O) groups is 1. The first kappa shape index (κ1) is 22.3. The van der Waals surface area contributed by atoms with Crippen molar-refractivity contribution in [2.75, 3.05) is 7.11 Å². The fourth-order valence-electron chi connectivity index (χ4n) is 5.03. The molecule has 0 fully saturated rings. The van der Waals surface area contributed by atoms with Gasteiger partial charge < -0.3 is 19.3 Å². The van der Waals surface area contributed by atoms with Crippen molar-refractivity contribution < 1.29 is 19.1 Å². The van der Waals surface area contributed by atoms with Crippen molar-refractivity contribution in [2.24, 2.45) is 0 Å². The van der Waals surface area contributed by atoms with Crippen LogP contribution in [0.15, 0.2) is 24.4 Å². The summed E-state index contributed by atoms with van der Waals surface area (Å²) in [5.74, 6) is -0.222. The number of carboxylic acid groups (broad SMARTS) is 1. The fourth-order valence-corrected chi connectivity index (χ4v) is 10.3. The minimum atomic E-state index is -2.10. The third-order valence-corrected chi connectivity index (χ3v) is 12.2. The van der Waals surface area contributed by atoms with E-state index in [1.807, 2.05) is 18.2 Å². The highest BCUT2D eigenvalue weighted by atomic mass is 28.4. The molecule has 6 nitrogen and oxygen atoms in total. The first-order valence-corrected chi connectivity index (χ1v) is 12.6. The van der Waals surface area contributed by atoms with E-state index in [0.717, 1.165) is 27.6 Å². The zero-order valence-corrected chi connectivity index (χ0v) is 19.9. The van der Waals surface area contributed by atoms with E-state index < -0.39 is 14.3 Å². The molecule has 0 radical (unpaired) electrons. The van der Waals surface area contributed by atoms with Gasteiger partial charge in [-0.05, 0) is 34.8 Å². The average molecular weight is 429 g/mol. The second-order valence-corrected chi connectivity index (χ2v) is 14.2. The van der Waals surface area contributed by atoms with Gasteiger partial charge in [-0.15, -0.1) is 0 Å². The molecule has 0 saturated carbocycles. The van der Waals surface area contributed by atoms with Crippen molar-refractivity contribution in [1.82, 2.24) is 9.97 Å². The van der Waals surface area contributed by atoms with Crippen LogP contribution in [0.5, 0.6) is 5.75 Å². The number of fused-ring (bicyclic) bond motifs is 3. The quantitative estimate of drug-likeness (QED) is 0.423. The van der Waals surface area contributed by atoms with Gasteiger partial charge in [-0.2, -0.15) is 0 Å². The molecule has 0 aliphatic carbocycles. The van der Waals surface area contributed by atoms with E-state index in [2.05, 4.69) is 51.5 Å². The van der Waals surface area contributed by atoms with Gasteiger partial charge in [0.15, 0.2) is 5.69 Å². The van der Waals surface area contributed by atoms with Crippen LogP contribution in [0.2, 0.25) is 16.6 Å². The summed E-state index contributed by atoms with van der Waals surface area (Å²) < 4.78 is 12.2. The summed E-state index contributed by atoms with van der Waals surface area (Å²) in [5.41, 5.74) is 3.69. The summed E-state index contributed by atoms with van der Waals surface area (Å²) in [5, 5.41) is 11.4. The molecule has 0 spiro atoms. The Bertz CT molecular complexity index is 1050. The third-order valence-electron chi connectivity index (χ3n) is 6.20. The molecule has 7 heteroatoms. The summed E-state index contributed by atoms with van der Waals surface area (Å²) in [4.78, 5) is 19.2. The number of carboxylic acids is 1. The number of hydrogen-bond donors (Lipinski definition) is 2. The number of benzene rings is 1. The largest absolute Gasteiger partial charge is 0.543 e. The Morgan fingerprint density at radius 2 is 1.73 bits per heavy atom. The second kappa shape index (κ2) is 8.39. The number of aromatic carboxylic acids is 1. The Hall–Kier alpha value is -2.38. The lowest BCUT2D eigenvalue weighted by Gasteiger charge is -2.42. The smallest absolute Gasteiger partial charge is 0.354 e. The Labute approximate surface area is 178 Å². The van der Waals surface area contributed by atoms with Gasteiger partial charge in [0.25, 0.3) is 8.32 Å². The van der Waals surface area contributed by atoms with E-state index in [1.54, 1.807) is 13.3 Å². The van der Waals surface area contributed by atoms with Gasteiger partial charge in [0, 0.05) is 29.0 Å². The summed E-state index contributed by atoms with van der Waals surface area (Å²) in [6, 6.07) is 6.05. The summed E-state index contributed by atoms with van der Waals surface area (Å²) in [7, 11) is -0.545. The number of rotatable bonds is 8. The van der Waals surface area contributed by atoms with Gasteiger partial charge in [0.2, 0.25) is 0 Å². The zero-order chi connectivity index (χ0) is 22.2. The van der Waals surface area contributed by atoms with Crippen LogP contribution in [0, 0.1) is 0 Å². The number of methoxy groups -OCH3 is 1. The van der Waals surface area contributed by atoms with E-state index in [-0.39, 0.29) is 12.3 Å². The Morgan fingerprint density at radius 3 is 2.27 bits per heavy atom. The SMILES string of the molecule is COCc1c(C(=O)O)ncc2[nH]c3ccc(O[Si](C(C)C)(C(C)C)C(C)C)cc3c12. The first-order valence-electron chi connectivity index (χ1n) is 10.5. The normalized spacial score (nSPS) is 12.6. The highest BCUT2D eigenvalue weighted by molar-refractivity contribution is 6.78. The molecule has 0 saturated heterocycles. The predicted molar refractivity (Wildman–Crippen MR) is 123 cm³/mol. The van der Waals surface area contributed by atoms with E-state index in [1.165, 1.54) is 0 Å². The molecule has 0 bridgehead atoms. The molecule has 2 heterocycles. The molecule has 0 aliphatic heterocycles. The van der Waals surface area contributed by atoms with Gasteiger partial charge in [-0.25, -0.2) is 9.78 Å². The number of nitrogens with one attached hydrogen (secondary N) is 1. The second-order valence-electron chi connectivity index (χ2n) is 8.86. The molecule has 162 valence electrons. The Morgan fingerprint density at radius 1 is 1.10 bits per heavy atom. The van der Waals surface area contributed by atoms with E-state index in [0.29, 0.717) is 22.2 Å². The fraction of sp³-hybridized carbons (Fsp3) is 0.478. The van der Waals surface area contributed by atoms with E-state index in [9.17, 15) is 9.90 Å². The summed E-state index contributed by atoms with van der Waals surface area (Å²) in [6.45, 7) is 13.7. The van der Waals surface area contributed by atoms with Crippen molar-refractivity contribution in [3.63, 3.8) is 0 Å². The molecule has 3 rings (SSSR count). The highest BCUT2D eigenvalue weighted by Crippen LogP contribution is 2.43. The van der Waals surface area contributed by atoms with E-state index >= 15 is 0 Å². The van der Waals surface area contributed by atoms with E-state index in [4.69, 9.17) is 9.16 Å². The summed E-state index contributed by atoms with van der Waals surface area (Å²) >= 11 is 0. The number of ether oxygens (including phenoxy) is 1. The minimum Gasteiger partial charge on any atom is -0.543 e. The molecule has 2 aromatic heterocycles. The molecular formula is C23H32N2O4Si. The molecule has 0 unspecified atom stereocenters. The van der Waals surface area contributed by atoms with Gasteiger partial charge in [-0.1, -0.05) is 41.5 Å². The topological polar surface area (TPSA) is 84.4 Å². The van der Waals surface area contributed by atoms with Crippen LogP contribution < -0.4 is 4.43 Å². The van der Waals surface area contributed by atoms with Crippen LogP contribution in [0.3, 0.4) is 0 Å². The standard InChI is InChI=1S/C23H32N2O4Si/c1-13(2)30(14(3)4,15(5)6)29-16-8-9-19-17(10-16)21-18(12-28-7)22(23(26)27)24-11-20(21)25-19/h8-11,13-15,25H,12H2,1-7H3,(H,26,27). The monoisotopic (exact) mass is 428 g/mol. The van der Waals surface area contributed by atoms with Gasteiger partial charge >= 0.3 is 5.97 Å². The predicted octanol–water partition coefficient (Wildman–Crippen LogP) is 6.12. The minimum absolute atomic E-state index is 0.0202. The average Bonchev–Trinajstić information content (AvgIpc) is 3.03. The number of H-pyrrole nitrogens is 1. The van der Waals surface area contributed by atoms with Gasteiger partial charge in [0.1, 0.15) is 5.75 Å². The van der Waals surface area contributed by atoms with Crippen LogP contribution in [0.25, 0.3) is 21.8 Å². The van der Waals surface area contributed by atoms with Crippen LogP contribution in [0.1, 0.15) is 57.6 Å². The van der Waals surface area contributed by atoms with Crippen molar-refractivity contribution in [3.05, 3.63) is 35.7 Å². The summed E-state index contributed by atoms with van der Waals surface area (Å²) in [6.07, 6.45) is 1.58. The van der Waals surface area contributed by atoms with Crippen LogP contribution in [0.4, 0.5) is 0 Å². The number of nitrogens with zero attached hydrogens (tertiary/aromatic N) is 1. The van der Waals surface area contributed by atoms with Crippen molar-refractivity contribution in [1.29, 1.82) is 0 Å². The maximum atomic E-state index is 11.7. The van der Waals surface area contributed by atoms with Gasteiger partial charge in [0.05, 0.1) is 18.3 Å². The van der Waals surface area contributed by atoms with Crippen LogP contribution >= 0.6 is 0 Å². The van der Waals surface area contributed by atoms with Crippen LogP contribution in [-0.2, 0) is 11.3 Å². The zero-order valence-electron chi connectivity index (χ0n) is 18.9. The number of pyridine rings is 1. The number of aromatic nitrogens is 2. The molecule has 0 amide bonds. The molecule has 0 aliphatic rings. The molecule has 1 aromatic carbocycles. The molecular weight excluding hydrogens is 396 g/mol. The molecule has 0 atom stereocenters. The Kier molecular flexibility index (Phi) is 6.24. The number of aromatic amines is 1. The van der Waals surface area contributed by atoms with Crippen molar-refractivity contribution in [3.8, 4) is 5.75 Å². The molecule has 2 N–H and O–H groups in total. The first-order chi connectivity index (χ1) is 14.1. The highest BCUT2D eigenvalue weighted by Gasteiger charge is 2.47. The van der Waals surface area contributed by atoms with Gasteiger partial charge in [-0.3, -0.25) is 0 Å². The maximum Gasteiger partial charge on any atom is 0.354 e. The lowest BCUT2D eigenvalue weighted by molar-refractivity contribution is 0.0685. The lowest BCUT2D eigenvalue weighted by Crippen LogP contribution is -2.50. The molecule has 30 heavy (non-hydrogen) atoms. The third kappa shape index (κ3) is 3.61. The lowest BCUT2D eigenvalue weighted by atomic mass is 10.1. The number of hydrogen-bond acceptors (Lipinski definition) is 4.